The first-order valence-corrected chi connectivity index (χ1v) is 12.3. The molecule has 186 valence electrons. The zero-order chi connectivity index (χ0) is 25.5. The molecule has 1 amide bonds. The van der Waals surface area contributed by atoms with Crippen LogP contribution in [-0.4, -0.2) is 53.6 Å². The van der Waals surface area contributed by atoms with E-state index in [0.29, 0.717) is 32.1 Å². The molecule has 35 heavy (non-hydrogen) atoms. The highest BCUT2D eigenvalue weighted by Crippen LogP contribution is 2.21. The second-order valence-corrected chi connectivity index (χ2v) is 9.53. The van der Waals surface area contributed by atoms with Gasteiger partial charge in [-0.2, -0.15) is 5.26 Å². The van der Waals surface area contributed by atoms with E-state index in [1.165, 1.54) is 0 Å². The van der Waals surface area contributed by atoms with E-state index < -0.39 is 12.1 Å². The number of hydrogen-bond acceptors (Lipinski definition) is 5. The molecule has 3 rings (SSSR count). The first-order valence-electron chi connectivity index (χ1n) is 12.3. The summed E-state index contributed by atoms with van der Waals surface area (Å²) in [4.78, 5) is 29.6. The second kappa shape index (κ2) is 11.7. The molecule has 0 bridgehead atoms. The van der Waals surface area contributed by atoms with Gasteiger partial charge in [-0.15, -0.1) is 0 Å². The number of piperazine rings is 1. The van der Waals surface area contributed by atoms with Crippen LogP contribution in [0.1, 0.15) is 44.1 Å². The van der Waals surface area contributed by atoms with Crippen LogP contribution in [-0.2, 0) is 20.9 Å². The average molecular weight is 477 g/mol. The summed E-state index contributed by atoms with van der Waals surface area (Å²) in [6.45, 7) is 13.4. The highest BCUT2D eigenvalue weighted by Gasteiger charge is 2.28. The second-order valence-electron chi connectivity index (χ2n) is 9.53. The van der Waals surface area contributed by atoms with Crippen LogP contribution in [0, 0.1) is 31.1 Å². The molecule has 7 nitrogen and oxygen atoms in total. The number of nitriles is 1. The Morgan fingerprint density at radius 2 is 1.74 bits per heavy atom. The Bertz CT molecular complexity index is 1100. The van der Waals surface area contributed by atoms with E-state index in [-0.39, 0.29) is 11.5 Å². The van der Waals surface area contributed by atoms with Crippen LogP contribution in [0.5, 0.6) is 0 Å². The molecule has 7 heteroatoms. The van der Waals surface area contributed by atoms with Gasteiger partial charge in [0.15, 0.2) is 6.10 Å². The number of hydrogen-bond donors (Lipinski definition) is 0. The lowest BCUT2D eigenvalue weighted by molar-refractivity contribution is -0.155. The molecule has 0 saturated carbocycles. The molecule has 0 radical (unpaired) electrons. The minimum Gasteiger partial charge on any atom is -0.448 e. The molecule has 1 atom stereocenters. The maximum absolute atomic E-state index is 12.9. The van der Waals surface area contributed by atoms with Gasteiger partial charge in [0.25, 0.3) is 5.91 Å². The Balaban J connectivity index is 1.61. The van der Waals surface area contributed by atoms with Crippen molar-refractivity contribution in [3.05, 3.63) is 58.9 Å². The van der Waals surface area contributed by atoms with Crippen molar-refractivity contribution in [1.82, 2.24) is 9.47 Å². The van der Waals surface area contributed by atoms with Gasteiger partial charge in [0.2, 0.25) is 0 Å². The maximum Gasteiger partial charge on any atom is 0.349 e. The number of aryl methyl sites for hydroxylation is 1. The third-order valence-corrected chi connectivity index (χ3v) is 6.53. The number of aromatic nitrogens is 1. The summed E-state index contributed by atoms with van der Waals surface area (Å²) in [7, 11) is 0. The van der Waals surface area contributed by atoms with Crippen LogP contribution in [0.3, 0.4) is 0 Å². The number of amides is 1. The molecule has 2 aromatic rings. The number of carbonyl (C=O) groups is 2. The first kappa shape index (κ1) is 26.1. The smallest absolute Gasteiger partial charge is 0.349 e. The highest BCUT2D eigenvalue weighted by atomic mass is 16.5. The van der Waals surface area contributed by atoms with Crippen molar-refractivity contribution < 1.29 is 14.3 Å². The van der Waals surface area contributed by atoms with E-state index in [2.05, 4.69) is 35.4 Å². The van der Waals surface area contributed by atoms with Gasteiger partial charge < -0.3 is 19.1 Å². The molecule has 1 aliphatic heterocycles. The number of nitrogens with zero attached hydrogens (tertiary/aromatic N) is 4. The van der Waals surface area contributed by atoms with Gasteiger partial charge in [-0.3, -0.25) is 4.79 Å². The molecule has 1 aliphatic rings. The standard InChI is InChI=1S/C28H36N4O3/c1-20(2)11-12-32-21(3)17-24(22(32)4)18-25(19-29)28(34)35-23(5)27(33)31-15-13-30(14-16-31)26-9-7-6-8-10-26/h6-10,17-18,20,23H,11-16H2,1-5H3/b25-18+. The minimum absolute atomic E-state index is 0.109. The zero-order valence-electron chi connectivity index (χ0n) is 21.5. The molecule has 0 N–H and O–H groups in total. The predicted octanol–water partition coefficient (Wildman–Crippen LogP) is 4.34. The number of carbonyl (C=O) groups excluding carboxylic acids is 2. The van der Waals surface area contributed by atoms with Crippen molar-refractivity contribution in [2.45, 2.75) is 53.7 Å². The van der Waals surface area contributed by atoms with Gasteiger partial charge in [0.05, 0.1) is 0 Å². The molecule has 2 heterocycles. The summed E-state index contributed by atoms with van der Waals surface area (Å²) in [6.07, 6.45) is 1.65. The molecular formula is C28H36N4O3. The van der Waals surface area contributed by atoms with Gasteiger partial charge in [0.1, 0.15) is 11.6 Å². The van der Waals surface area contributed by atoms with E-state index in [1.54, 1.807) is 17.9 Å². The number of anilines is 1. The summed E-state index contributed by atoms with van der Waals surface area (Å²) < 4.78 is 7.62. The van der Waals surface area contributed by atoms with E-state index in [4.69, 9.17) is 4.74 Å². The third-order valence-electron chi connectivity index (χ3n) is 6.53. The fourth-order valence-electron chi connectivity index (χ4n) is 4.35. The van der Waals surface area contributed by atoms with Crippen molar-refractivity contribution in [2.24, 2.45) is 5.92 Å². The Morgan fingerprint density at radius 1 is 1.09 bits per heavy atom. The third kappa shape index (κ3) is 6.54. The number of benzene rings is 1. The van der Waals surface area contributed by atoms with Crippen molar-refractivity contribution >= 4 is 23.6 Å². The van der Waals surface area contributed by atoms with Gasteiger partial charge in [0, 0.05) is 49.8 Å². The molecule has 1 unspecified atom stereocenters. The summed E-state index contributed by atoms with van der Waals surface area (Å²) in [6, 6.07) is 14.0. The fraction of sp³-hybridized carbons (Fsp3) is 0.464. The number of para-hydroxylation sites is 1. The van der Waals surface area contributed by atoms with Gasteiger partial charge in [-0.1, -0.05) is 32.0 Å². The molecule has 0 spiro atoms. The van der Waals surface area contributed by atoms with E-state index in [1.807, 2.05) is 44.2 Å². The van der Waals surface area contributed by atoms with Crippen molar-refractivity contribution in [1.29, 1.82) is 5.26 Å². The molecule has 1 saturated heterocycles. The van der Waals surface area contributed by atoms with Crippen LogP contribution >= 0.6 is 0 Å². The Labute approximate surface area is 208 Å². The quantitative estimate of drug-likeness (QED) is 0.322. The van der Waals surface area contributed by atoms with E-state index >= 15 is 0 Å². The SMILES string of the molecule is Cc1cc(/C=C(\C#N)C(=O)OC(C)C(=O)N2CCN(c3ccccc3)CC2)c(C)n1CCC(C)C. The van der Waals surface area contributed by atoms with E-state index in [9.17, 15) is 14.9 Å². The van der Waals surface area contributed by atoms with Gasteiger partial charge >= 0.3 is 5.97 Å². The summed E-state index contributed by atoms with van der Waals surface area (Å²) in [5.41, 5.74) is 3.92. The Morgan fingerprint density at radius 3 is 2.34 bits per heavy atom. The largest absolute Gasteiger partial charge is 0.448 e. The van der Waals surface area contributed by atoms with Crippen molar-refractivity contribution in [3.63, 3.8) is 0 Å². The summed E-state index contributed by atoms with van der Waals surface area (Å²) in [5.74, 6) is -0.432. The maximum atomic E-state index is 12.9. The average Bonchev–Trinajstić information content (AvgIpc) is 3.12. The van der Waals surface area contributed by atoms with Crippen molar-refractivity contribution in [2.75, 3.05) is 31.1 Å². The minimum atomic E-state index is -0.957. The molecule has 1 aromatic carbocycles. The number of esters is 1. The van der Waals surface area contributed by atoms with Crippen molar-refractivity contribution in [3.8, 4) is 6.07 Å². The molecule has 0 aliphatic carbocycles. The van der Waals surface area contributed by atoms with Gasteiger partial charge in [-0.05, 0) is 62.9 Å². The normalized spacial score (nSPS) is 15.2. The monoisotopic (exact) mass is 476 g/mol. The summed E-state index contributed by atoms with van der Waals surface area (Å²) in [5, 5.41) is 9.61. The first-order chi connectivity index (χ1) is 16.7. The number of ether oxygens (including phenoxy) is 1. The topological polar surface area (TPSA) is 78.6 Å². The van der Waals surface area contributed by atoms with Crippen LogP contribution in [0.25, 0.3) is 6.08 Å². The van der Waals surface area contributed by atoms with E-state index in [0.717, 1.165) is 35.6 Å². The lowest BCUT2D eigenvalue weighted by atomic mass is 10.1. The predicted molar refractivity (Wildman–Crippen MR) is 138 cm³/mol. The summed E-state index contributed by atoms with van der Waals surface area (Å²) >= 11 is 0. The molecule has 1 fully saturated rings. The van der Waals surface area contributed by atoms with Crippen LogP contribution in [0.15, 0.2) is 42.0 Å². The van der Waals surface area contributed by atoms with Crippen LogP contribution in [0.2, 0.25) is 0 Å². The zero-order valence-corrected chi connectivity index (χ0v) is 21.5. The van der Waals surface area contributed by atoms with Gasteiger partial charge in [-0.25, -0.2) is 4.79 Å². The molecule has 1 aromatic heterocycles. The highest BCUT2D eigenvalue weighted by molar-refractivity contribution is 5.99. The molecular weight excluding hydrogens is 440 g/mol. The fourth-order valence-corrected chi connectivity index (χ4v) is 4.35. The Hall–Kier alpha value is -3.53. The lowest BCUT2D eigenvalue weighted by Crippen LogP contribution is -2.51. The van der Waals surface area contributed by atoms with Crippen LogP contribution < -0.4 is 4.90 Å². The lowest BCUT2D eigenvalue weighted by Gasteiger charge is -2.37. The number of rotatable bonds is 8. The van der Waals surface area contributed by atoms with Crippen LogP contribution in [0.4, 0.5) is 5.69 Å². The Kier molecular flexibility index (Phi) is 8.75.